The lowest BCUT2D eigenvalue weighted by molar-refractivity contribution is 0.0600. The first-order valence-corrected chi connectivity index (χ1v) is 10.6. The average Bonchev–Trinajstić information content (AvgIpc) is 3.30. The molecule has 162 valence electrons. The van der Waals surface area contributed by atoms with E-state index in [1.54, 1.807) is 60.7 Å². The van der Waals surface area contributed by atoms with E-state index in [1.165, 1.54) is 11.4 Å². The molecule has 0 aliphatic heterocycles. The van der Waals surface area contributed by atoms with Crippen LogP contribution in [0.5, 0.6) is 0 Å². The number of hydrogen-bond donors (Lipinski definition) is 1. The number of aryl methyl sites for hydroxylation is 1. The van der Waals surface area contributed by atoms with Gasteiger partial charge in [-0.15, -0.1) is 10.2 Å². The molecular formula is C23H19N3O5S. The van der Waals surface area contributed by atoms with Gasteiger partial charge in [0.15, 0.2) is 0 Å². The molecule has 4 rings (SSSR count). The van der Waals surface area contributed by atoms with Crippen LogP contribution in [-0.2, 0) is 16.0 Å². The zero-order valence-electron chi connectivity index (χ0n) is 17.3. The van der Waals surface area contributed by atoms with Crippen molar-refractivity contribution in [2.45, 2.75) is 6.92 Å². The Morgan fingerprint density at radius 1 is 0.938 bits per heavy atom. The van der Waals surface area contributed by atoms with E-state index in [-0.39, 0.29) is 11.8 Å². The number of aromatic nitrogens is 2. The molecule has 0 fully saturated rings. The molecule has 1 unspecified atom stereocenters. The first kappa shape index (κ1) is 21.4. The minimum absolute atomic E-state index is 0.256. The third kappa shape index (κ3) is 4.43. The first-order chi connectivity index (χ1) is 15.5. The molecule has 8 nitrogen and oxygen atoms in total. The molecular weight excluding hydrogens is 430 g/mol. The van der Waals surface area contributed by atoms with E-state index in [2.05, 4.69) is 10.2 Å². The van der Waals surface area contributed by atoms with Gasteiger partial charge in [-0.2, -0.15) is 0 Å². The number of ether oxygens (including phenoxy) is 1. The van der Waals surface area contributed by atoms with E-state index in [0.717, 1.165) is 5.56 Å². The van der Waals surface area contributed by atoms with Crippen molar-refractivity contribution in [2.24, 2.45) is 0 Å². The molecule has 0 spiro atoms. The smallest absolute Gasteiger partial charge is 0.337 e. The van der Waals surface area contributed by atoms with Gasteiger partial charge in [0.1, 0.15) is 0 Å². The number of carbonyl (C=O) groups excluding carboxylic acids is 1. The molecule has 1 heterocycles. The summed E-state index contributed by atoms with van der Waals surface area (Å²) >= 11 is -2.28. The molecule has 1 N–H and O–H groups in total. The number of anilines is 2. The largest absolute Gasteiger partial charge is 0.465 e. The number of carbonyl (C=O) groups is 1. The molecule has 3 aromatic carbocycles. The van der Waals surface area contributed by atoms with Gasteiger partial charge in [0, 0.05) is 11.1 Å². The Morgan fingerprint density at radius 3 is 2.22 bits per heavy atom. The van der Waals surface area contributed by atoms with Gasteiger partial charge in [-0.25, -0.2) is 13.3 Å². The van der Waals surface area contributed by atoms with E-state index >= 15 is 0 Å². The van der Waals surface area contributed by atoms with E-state index in [1.807, 2.05) is 19.1 Å². The molecule has 4 aromatic rings. The van der Waals surface area contributed by atoms with Gasteiger partial charge >= 0.3 is 5.97 Å². The number of benzene rings is 3. The summed E-state index contributed by atoms with van der Waals surface area (Å²) in [5.74, 6) is 0.105. The van der Waals surface area contributed by atoms with E-state index < -0.39 is 17.2 Å². The molecule has 0 bridgehead atoms. The van der Waals surface area contributed by atoms with Gasteiger partial charge in [-0.3, -0.25) is 4.55 Å². The summed E-state index contributed by atoms with van der Waals surface area (Å²) < 4.78 is 33.8. The highest BCUT2D eigenvalue weighted by Gasteiger charge is 2.18. The average molecular weight is 449 g/mol. The maximum atomic E-state index is 12.1. The summed E-state index contributed by atoms with van der Waals surface area (Å²) in [4.78, 5) is 11.6. The predicted octanol–water partition coefficient (Wildman–Crippen LogP) is 4.77. The first-order valence-electron chi connectivity index (χ1n) is 9.57. The molecule has 0 saturated carbocycles. The van der Waals surface area contributed by atoms with Gasteiger partial charge < -0.3 is 9.15 Å². The normalized spacial score (nSPS) is 11.7. The molecule has 32 heavy (non-hydrogen) atoms. The summed E-state index contributed by atoms with van der Waals surface area (Å²) in [7, 11) is 1.32. The standard InChI is InChI=1S/C23H19N3O5S/c1-15-6-12-19(13-7-15)26(32(28)29)20-5-3-4-18(14-20)22-25-24-21(31-22)16-8-10-17(11-9-16)23(27)30-2/h3-14H,1-2H3,(H,28,29). The number of esters is 1. The topological polar surface area (TPSA) is 106 Å². The second-order valence-electron chi connectivity index (χ2n) is 6.89. The fourth-order valence-electron chi connectivity index (χ4n) is 3.10. The second kappa shape index (κ2) is 9.13. The van der Waals surface area contributed by atoms with Gasteiger partial charge in [0.2, 0.25) is 11.8 Å². The van der Waals surface area contributed by atoms with Crippen LogP contribution in [0.4, 0.5) is 11.4 Å². The van der Waals surface area contributed by atoms with Crippen molar-refractivity contribution in [3.8, 4) is 22.9 Å². The van der Waals surface area contributed by atoms with Crippen LogP contribution < -0.4 is 4.31 Å². The number of methoxy groups -OCH3 is 1. The quantitative estimate of drug-likeness (QED) is 0.334. The Kier molecular flexibility index (Phi) is 6.11. The number of rotatable bonds is 6. The summed E-state index contributed by atoms with van der Waals surface area (Å²) in [6.07, 6.45) is 0. The molecule has 0 aliphatic carbocycles. The lowest BCUT2D eigenvalue weighted by Crippen LogP contribution is -2.19. The van der Waals surface area contributed by atoms with Gasteiger partial charge in [0.05, 0.1) is 24.0 Å². The molecule has 0 amide bonds. The summed E-state index contributed by atoms with van der Waals surface area (Å²) in [6.45, 7) is 1.95. The summed E-state index contributed by atoms with van der Waals surface area (Å²) in [6, 6.07) is 20.8. The fourth-order valence-corrected chi connectivity index (χ4v) is 3.69. The van der Waals surface area contributed by atoms with Gasteiger partial charge in [0.25, 0.3) is 11.3 Å². The highest BCUT2D eigenvalue weighted by molar-refractivity contribution is 7.81. The number of hydrogen-bond acceptors (Lipinski definition) is 6. The van der Waals surface area contributed by atoms with E-state index in [4.69, 9.17) is 9.15 Å². The monoisotopic (exact) mass is 449 g/mol. The number of nitrogens with zero attached hydrogens (tertiary/aromatic N) is 3. The molecule has 0 radical (unpaired) electrons. The van der Waals surface area contributed by atoms with Crippen molar-refractivity contribution in [3.05, 3.63) is 83.9 Å². The highest BCUT2D eigenvalue weighted by Crippen LogP contribution is 2.31. The van der Waals surface area contributed by atoms with Crippen LogP contribution in [0.15, 0.2) is 77.2 Å². The van der Waals surface area contributed by atoms with Crippen molar-refractivity contribution in [2.75, 3.05) is 11.4 Å². The third-order valence-corrected chi connectivity index (χ3v) is 5.46. The fraction of sp³-hybridized carbons (Fsp3) is 0.0870. The Hall–Kier alpha value is -3.82. The van der Waals surface area contributed by atoms with Crippen molar-refractivity contribution < 1.29 is 22.7 Å². The lowest BCUT2D eigenvalue weighted by atomic mass is 10.1. The summed E-state index contributed by atoms with van der Waals surface area (Å²) in [5.41, 5.74) is 3.77. The Bertz CT molecular complexity index is 1270. The van der Waals surface area contributed by atoms with Crippen molar-refractivity contribution in [1.29, 1.82) is 0 Å². The molecule has 0 saturated heterocycles. The SMILES string of the molecule is COC(=O)c1ccc(-c2nnc(-c3cccc(N(c4ccc(C)cc4)S(=O)O)c3)o2)cc1. The minimum atomic E-state index is -2.28. The van der Waals surface area contributed by atoms with E-state index in [9.17, 15) is 13.6 Å². The van der Waals surface area contributed by atoms with Crippen LogP contribution >= 0.6 is 0 Å². The van der Waals surface area contributed by atoms with Crippen LogP contribution in [0.1, 0.15) is 15.9 Å². The van der Waals surface area contributed by atoms with Gasteiger partial charge in [-0.1, -0.05) is 23.8 Å². The molecule has 1 aromatic heterocycles. The van der Waals surface area contributed by atoms with Crippen LogP contribution in [-0.4, -0.2) is 32.0 Å². The van der Waals surface area contributed by atoms with Crippen molar-refractivity contribution in [1.82, 2.24) is 10.2 Å². The van der Waals surface area contributed by atoms with Gasteiger partial charge in [-0.05, 0) is 61.5 Å². The molecule has 0 aliphatic rings. The third-order valence-electron chi connectivity index (χ3n) is 4.73. The Labute approximate surface area is 186 Å². The van der Waals surface area contributed by atoms with E-state index in [0.29, 0.717) is 28.1 Å². The zero-order chi connectivity index (χ0) is 22.7. The predicted molar refractivity (Wildman–Crippen MR) is 121 cm³/mol. The van der Waals surface area contributed by atoms with Crippen molar-refractivity contribution >= 4 is 28.6 Å². The van der Waals surface area contributed by atoms with Crippen LogP contribution in [0.2, 0.25) is 0 Å². The Balaban J connectivity index is 1.64. The van der Waals surface area contributed by atoms with Crippen LogP contribution in [0.25, 0.3) is 22.9 Å². The van der Waals surface area contributed by atoms with Crippen molar-refractivity contribution in [3.63, 3.8) is 0 Å². The molecule has 9 heteroatoms. The Morgan fingerprint density at radius 2 is 1.59 bits per heavy atom. The summed E-state index contributed by atoms with van der Waals surface area (Å²) in [5, 5.41) is 8.18. The molecule has 1 atom stereocenters. The van der Waals surface area contributed by atoms with Crippen LogP contribution in [0.3, 0.4) is 0 Å². The minimum Gasteiger partial charge on any atom is -0.465 e. The van der Waals surface area contributed by atoms with Crippen LogP contribution in [0, 0.1) is 6.92 Å². The zero-order valence-corrected chi connectivity index (χ0v) is 18.1. The highest BCUT2D eigenvalue weighted by atomic mass is 32.2. The maximum absolute atomic E-state index is 12.1. The second-order valence-corrected chi connectivity index (χ2v) is 7.72. The maximum Gasteiger partial charge on any atom is 0.337 e. The lowest BCUT2D eigenvalue weighted by Gasteiger charge is -2.20.